The molecule has 3 amide bonds. The van der Waals surface area contributed by atoms with Crippen LogP contribution in [0.5, 0.6) is 0 Å². The Bertz CT molecular complexity index is 1090. The number of likely N-dealkylation sites (N-methyl/N-ethyl adjacent to an activating group) is 1. The topological polar surface area (TPSA) is 128 Å². The summed E-state index contributed by atoms with van der Waals surface area (Å²) in [6.07, 6.45) is 3.37. The Balaban J connectivity index is 1.72. The molecule has 2 aromatic rings. The Morgan fingerprint density at radius 2 is 2.00 bits per heavy atom. The van der Waals surface area contributed by atoms with Gasteiger partial charge in [-0.15, -0.1) is 0 Å². The van der Waals surface area contributed by atoms with Crippen LogP contribution < -0.4 is 5.32 Å². The molecule has 3 N–H and O–H groups in total. The summed E-state index contributed by atoms with van der Waals surface area (Å²) in [5.74, 6) is -0.893. The number of carbonyl (C=O) groups is 3. The predicted octanol–water partition coefficient (Wildman–Crippen LogP) is 2.46. The summed E-state index contributed by atoms with van der Waals surface area (Å²) in [6, 6.07) is 1.99. The molecule has 10 nitrogen and oxygen atoms in total. The molecule has 3 rings (SSSR count). The smallest absolute Gasteiger partial charge is 0.410 e. The fourth-order valence-electron chi connectivity index (χ4n) is 4.42. The van der Waals surface area contributed by atoms with Gasteiger partial charge in [0, 0.05) is 37.4 Å². The summed E-state index contributed by atoms with van der Waals surface area (Å²) in [4.78, 5) is 49.5. The highest BCUT2D eigenvalue weighted by Gasteiger charge is 2.40. The van der Waals surface area contributed by atoms with E-state index in [2.05, 4.69) is 15.3 Å². The number of ether oxygens (including phenoxy) is 1. The van der Waals surface area contributed by atoms with Gasteiger partial charge in [0.05, 0.1) is 6.10 Å². The Labute approximate surface area is 212 Å². The van der Waals surface area contributed by atoms with Crippen LogP contribution in [-0.4, -0.2) is 86.2 Å². The summed E-state index contributed by atoms with van der Waals surface area (Å²) in [6.45, 7) is 10.8. The predicted molar refractivity (Wildman–Crippen MR) is 136 cm³/mol. The summed E-state index contributed by atoms with van der Waals surface area (Å²) in [7, 11) is 1.49. The van der Waals surface area contributed by atoms with Crippen molar-refractivity contribution in [1.29, 1.82) is 0 Å². The molecule has 10 heteroatoms. The number of H-pyrrole nitrogens is 1. The number of nitrogens with one attached hydrogen (secondary N) is 2. The zero-order valence-corrected chi connectivity index (χ0v) is 22.2. The molecule has 0 radical (unpaired) electrons. The van der Waals surface area contributed by atoms with Gasteiger partial charge in [0.2, 0.25) is 11.8 Å². The molecule has 0 spiro atoms. The minimum Gasteiger partial charge on any atom is -0.444 e. The van der Waals surface area contributed by atoms with Gasteiger partial charge in [0.15, 0.2) is 0 Å². The van der Waals surface area contributed by atoms with Crippen molar-refractivity contribution in [3.63, 3.8) is 0 Å². The van der Waals surface area contributed by atoms with Gasteiger partial charge in [0.25, 0.3) is 0 Å². The molecule has 3 heterocycles. The number of nitrogens with zero attached hydrogens (tertiary/aromatic N) is 3. The SMILES string of the molecule is CC(C)C(NC(=O)C(C)N(C)C(=O)OC(C)(C)C)C(=O)N1CC(O)CC1Cc1c[nH]c2ncccc12. The molecule has 2 aromatic heterocycles. The highest BCUT2D eigenvalue weighted by molar-refractivity contribution is 5.91. The van der Waals surface area contributed by atoms with Gasteiger partial charge in [0.1, 0.15) is 23.3 Å². The van der Waals surface area contributed by atoms with Crippen LogP contribution in [0.25, 0.3) is 11.0 Å². The molecule has 198 valence electrons. The van der Waals surface area contributed by atoms with Gasteiger partial charge in [-0.3, -0.25) is 14.5 Å². The molecular formula is C26H39N5O5. The first-order chi connectivity index (χ1) is 16.8. The maximum absolute atomic E-state index is 13.7. The number of β-amino-alcohol motifs (C(OH)–C–C–N with tert-alkyl or cyclic N) is 1. The molecule has 36 heavy (non-hydrogen) atoms. The minimum atomic E-state index is -0.840. The number of aliphatic hydroxyl groups excluding tert-OH is 1. The van der Waals surface area contributed by atoms with Crippen LogP contribution >= 0.6 is 0 Å². The van der Waals surface area contributed by atoms with Crippen molar-refractivity contribution in [2.75, 3.05) is 13.6 Å². The van der Waals surface area contributed by atoms with E-state index < -0.39 is 35.8 Å². The zero-order valence-electron chi connectivity index (χ0n) is 22.2. The van der Waals surface area contributed by atoms with Gasteiger partial charge >= 0.3 is 6.09 Å². The molecule has 1 saturated heterocycles. The number of fused-ring (bicyclic) bond motifs is 1. The molecule has 0 bridgehead atoms. The standard InChI is InChI=1S/C26H39N5O5/c1-15(2)21(29-23(33)16(3)30(7)25(35)36-26(4,5)6)24(34)31-14-19(32)12-18(31)11-17-13-28-22-20(17)9-8-10-27-22/h8-10,13,15-16,18-19,21,32H,11-12,14H2,1-7H3,(H,27,28)(H,29,33). The lowest BCUT2D eigenvalue weighted by Crippen LogP contribution is -2.56. The van der Waals surface area contributed by atoms with Crippen molar-refractivity contribution >= 4 is 28.9 Å². The van der Waals surface area contributed by atoms with Crippen molar-refractivity contribution < 1.29 is 24.2 Å². The van der Waals surface area contributed by atoms with Crippen molar-refractivity contribution in [2.24, 2.45) is 5.92 Å². The van der Waals surface area contributed by atoms with Crippen LogP contribution in [0.3, 0.4) is 0 Å². The Hall–Kier alpha value is -3.14. The fourth-order valence-corrected chi connectivity index (χ4v) is 4.42. The van der Waals surface area contributed by atoms with Gasteiger partial charge in [-0.25, -0.2) is 9.78 Å². The first-order valence-corrected chi connectivity index (χ1v) is 12.4. The number of hydrogen-bond donors (Lipinski definition) is 3. The summed E-state index contributed by atoms with van der Waals surface area (Å²) < 4.78 is 5.36. The summed E-state index contributed by atoms with van der Waals surface area (Å²) >= 11 is 0. The van der Waals surface area contributed by atoms with E-state index in [-0.39, 0.29) is 24.4 Å². The van der Waals surface area contributed by atoms with E-state index in [9.17, 15) is 19.5 Å². The number of likely N-dealkylation sites (tertiary alicyclic amines) is 1. The number of carbonyl (C=O) groups excluding carboxylic acids is 3. The van der Waals surface area contributed by atoms with E-state index in [4.69, 9.17) is 4.74 Å². The van der Waals surface area contributed by atoms with E-state index in [0.29, 0.717) is 12.8 Å². The maximum Gasteiger partial charge on any atom is 0.410 e. The second-order valence-corrected chi connectivity index (χ2v) is 10.9. The van der Waals surface area contributed by atoms with E-state index >= 15 is 0 Å². The van der Waals surface area contributed by atoms with E-state index in [1.807, 2.05) is 32.2 Å². The molecule has 1 aliphatic heterocycles. The third kappa shape index (κ3) is 6.34. The Morgan fingerprint density at radius 3 is 2.64 bits per heavy atom. The number of aromatic amines is 1. The number of amides is 3. The average Bonchev–Trinajstić information content (AvgIpc) is 3.37. The maximum atomic E-state index is 13.7. The minimum absolute atomic E-state index is 0.198. The van der Waals surface area contributed by atoms with Crippen molar-refractivity contribution in [3.05, 3.63) is 30.1 Å². The molecule has 4 atom stereocenters. The normalized spacial score (nSPS) is 19.9. The van der Waals surface area contributed by atoms with Crippen molar-refractivity contribution in [2.45, 2.75) is 84.2 Å². The highest BCUT2D eigenvalue weighted by Crippen LogP contribution is 2.26. The number of pyridine rings is 1. The zero-order chi connectivity index (χ0) is 26.8. The van der Waals surface area contributed by atoms with E-state index in [1.54, 1.807) is 38.8 Å². The average molecular weight is 502 g/mol. The molecular weight excluding hydrogens is 462 g/mol. The largest absolute Gasteiger partial charge is 0.444 e. The van der Waals surface area contributed by atoms with Crippen molar-refractivity contribution in [1.82, 2.24) is 25.1 Å². The Morgan fingerprint density at radius 1 is 1.31 bits per heavy atom. The quantitative estimate of drug-likeness (QED) is 0.535. The Kier molecular flexibility index (Phi) is 8.28. The molecule has 1 aliphatic rings. The van der Waals surface area contributed by atoms with E-state index in [0.717, 1.165) is 16.6 Å². The van der Waals surface area contributed by atoms with Crippen LogP contribution in [0.1, 0.15) is 53.5 Å². The fraction of sp³-hybridized carbons (Fsp3) is 0.615. The van der Waals surface area contributed by atoms with Gasteiger partial charge in [-0.2, -0.15) is 0 Å². The lowest BCUT2D eigenvalue weighted by atomic mass is 9.99. The van der Waals surface area contributed by atoms with Crippen LogP contribution in [0, 0.1) is 5.92 Å². The van der Waals surface area contributed by atoms with Crippen LogP contribution in [0.4, 0.5) is 4.79 Å². The van der Waals surface area contributed by atoms with Gasteiger partial charge < -0.3 is 25.0 Å². The van der Waals surface area contributed by atoms with Crippen LogP contribution in [-0.2, 0) is 20.7 Å². The summed E-state index contributed by atoms with van der Waals surface area (Å²) in [5, 5.41) is 14.2. The monoisotopic (exact) mass is 501 g/mol. The lowest BCUT2D eigenvalue weighted by molar-refractivity contribution is -0.139. The molecule has 1 fully saturated rings. The second-order valence-electron chi connectivity index (χ2n) is 10.9. The third-order valence-electron chi connectivity index (χ3n) is 6.54. The third-order valence-corrected chi connectivity index (χ3v) is 6.54. The van der Waals surface area contributed by atoms with Crippen LogP contribution in [0.2, 0.25) is 0 Å². The van der Waals surface area contributed by atoms with E-state index in [1.165, 1.54) is 11.9 Å². The summed E-state index contributed by atoms with van der Waals surface area (Å²) in [5.41, 5.74) is 1.11. The molecule has 4 unspecified atom stereocenters. The lowest BCUT2D eigenvalue weighted by Gasteiger charge is -2.33. The van der Waals surface area contributed by atoms with Crippen LogP contribution in [0.15, 0.2) is 24.5 Å². The highest BCUT2D eigenvalue weighted by atomic mass is 16.6. The first kappa shape index (κ1) is 27.4. The molecule has 0 aliphatic carbocycles. The van der Waals surface area contributed by atoms with Crippen molar-refractivity contribution in [3.8, 4) is 0 Å². The number of aliphatic hydroxyl groups is 1. The first-order valence-electron chi connectivity index (χ1n) is 12.4. The number of aromatic nitrogens is 2. The molecule has 0 aromatic carbocycles. The van der Waals surface area contributed by atoms with Gasteiger partial charge in [-0.1, -0.05) is 13.8 Å². The number of hydrogen-bond acceptors (Lipinski definition) is 6. The molecule has 0 saturated carbocycles. The van der Waals surface area contributed by atoms with Gasteiger partial charge in [-0.05, 0) is 64.2 Å². The number of rotatable bonds is 7. The second kappa shape index (κ2) is 10.9.